The van der Waals surface area contributed by atoms with Crippen LogP contribution in [0, 0.1) is 0 Å². The molecular formula is C18H18N4O3S. The van der Waals surface area contributed by atoms with E-state index in [9.17, 15) is 4.79 Å². The van der Waals surface area contributed by atoms with Gasteiger partial charge in [0.2, 0.25) is 0 Å². The number of rotatable bonds is 4. The van der Waals surface area contributed by atoms with E-state index in [2.05, 4.69) is 15.0 Å². The van der Waals surface area contributed by atoms with Gasteiger partial charge in [-0.15, -0.1) is 11.3 Å². The molecular weight excluding hydrogens is 352 g/mol. The summed E-state index contributed by atoms with van der Waals surface area (Å²) >= 11 is 1.42. The summed E-state index contributed by atoms with van der Waals surface area (Å²) in [5, 5.41) is 0.518. The van der Waals surface area contributed by atoms with E-state index in [1.807, 2.05) is 24.3 Å². The van der Waals surface area contributed by atoms with E-state index >= 15 is 0 Å². The van der Waals surface area contributed by atoms with Crippen molar-refractivity contribution in [3.8, 4) is 11.8 Å². The Bertz CT molecular complexity index is 896. The molecule has 4 rings (SSSR count). The fraction of sp³-hybridized carbons (Fsp3) is 0.333. The van der Waals surface area contributed by atoms with Crippen molar-refractivity contribution in [2.75, 3.05) is 20.2 Å². The number of ether oxygens (including phenoxy) is 2. The molecule has 2 aromatic heterocycles. The molecule has 8 heteroatoms. The van der Waals surface area contributed by atoms with Crippen LogP contribution in [0.25, 0.3) is 10.2 Å². The zero-order valence-corrected chi connectivity index (χ0v) is 15.1. The van der Waals surface area contributed by atoms with Crippen LogP contribution in [-0.4, -0.2) is 52.1 Å². The number of amides is 1. The Labute approximate surface area is 154 Å². The number of likely N-dealkylation sites (tertiary alicyclic amines) is 1. The molecule has 3 aromatic rings. The fourth-order valence-electron chi connectivity index (χ4n) is 3.01. The minimum atomic E-state index is -0.146. The molecule has 3 heterocycles. The lowest BCUT2D eigenvalue weighted by molar-refractivity contribution is 0.0519. The van der Waals surface area contributed by atoms with Gasteiger partial charge in [-0.05, 0) is 25.0 Å². The van der Waals surface area contributed by atoms with Gasteiger partial charge in [0, 0.05) is 18.9 Å². The number of carbonyl (C=O) groups excluding carboxylic acids is 1. The third kappa shape index (κ3) is 3.32. The van der Waals surface area contributed by atoms with Crippen LogP contribution >= 0.6 is 11.3 Å². The van der Waals surface area contributed by atoms with Crippen molar-refractivity contribution in [2.45, 2.75) is 18.9 Å². The Hall–Kier alpha value is -2.74. The number of hydrogen-bond acceptors (Lipinski definition) is 7. The Morgan fingerprint density at radius 3 is 2.85 bits per heavy atom. The third-order valence-corrected chi connectivity index (χ3v) is 5.27. The molecule has 134 valence electrons. The van der Waals surface area contributed by atoms with Gasteiger partial charge >= 0.3 is 0 Å². The lowest BCUT2D eigenvalue weighted by Crippen LogP contribution is -2.44. The SMILES string of the molecule is COc1nccnc1O[C@H]1CCCN(C(=O)c2nc3ccccc3s2)C1. The summed E-state index contributed by atoms with van der Waals surface area (Å²) in [7, 11) is 1.53. The van der Waals surface area contributed by atoms with Crippen LogP contribution in [0.1, 0.15) is 22.6 Å². The predicted molar refractivity (Wildman–Crippen MR) is 97.8 cm³/mol. The van der Waals surface area contributed by atoms with Crippen molar-refractivity contribution in [2.24, 2.45) is 0 Å². The quantitative estimate of drug-likeness (QED) is 0.703. The van der Waals surface area contributed by atoms with Gasteiger partial charge in [-0.25, -0.2) is 15.0 Å². The molecule has 0 spiro atoms. The first-order chi connectivity index (χ1) is 12.7. The van der Waals surface area contributed by atoms with Crippen LogP contribution in [0.2, 0.25) is 0 Å². The largest absolute Gasteiger partial charge is 0.477 e. The smallest absolute Gasteiger partial charge is 0.282 e. The highest BCUT2D eigenvalue weighted by molar-refractivity contribution is 7.20. The maximum atomic E-state index is 12.9. The molecule has 1 fully saturated rings. The highest BCUT2D eigenvalue weighted by atomic mass is 32.1. The van der Waals surface area contributed by atoms with E-state index in [4.69, 9.17) is 9.47 Å². The summed E-state index contributed by atoms with van der Waals surface area (Å²) in [4.78, 5) is 27.4. The van der Waals surface area contributed by atoms with Gasteiger partial charge in [0.15, 0.2) is 5.01 Å². The molecule has 1 amide bonds. The lowest BCUT2D eigenvalue weighted by atomic mass is 10.1. The lowest BCUT2D eigenvalue weighted by Gasteiger charge is -2.32. The van der Waals surface area contributed by atoms with Crippen LogP contribution in [-0.2, 0) is 0 Å². The van der Waals surface area contributed by atoms with Crippen LogP contribution in [0.3, 0.4) is 0 Å². The maximum absolute atomic E-state index is 12.9. The first-order valence-corrected chi connectivity index (χ1v) is 9.23. The van der Waals surface area contributed by atoms with Crippen molar-refractivity contribution in [1.82, 2.24) is 19.9 Å². The number of nitrogens with zero attached hydrogens (tertiary/aromatic N) is 4. The van der Waals surface area contributed by atoms with Crippen molar-refractivity contribution in [1.29, 1.82) is 0 Å². The van der Waals surface area contributed by atoms with Crippen LogP contribution < -0.4 is 9.47 Å². The first-order valence-electron chi connectivity index (χ1n) is 8.41. The van der Waals surface area contributed by atoms with Gasteiger partial charge < -0.3 is 14.4 Å². The molecule has 1 saturated heterocycles. The van der Waals surface area contributed by atoms with Gasteiger partial charge in [-0.2, -0.15) is 0 Å². The molecule has 26 heavy (non-hydrogen) atoms. The number of aromatic nitrogens is 3. The Balaban J connectivity index is 1.48. The second-order valence-corrected chi connectivity index (χ2v) is 7.02. The molecule has 1 atom stereocenters. The Morgan fingerprint density at radius 2 is 2.04 bits per heavy atom. The van der Waals surface area contributed by atoms with E-state index in [1.165, 1.54) is 18.4 Å². The monoisotopic (exact) mass is 370 g/mol. The van der Waals surface area contributed by atoms with Gasteiger partial charge in [-0.1, -0.05) is 12.1 Å². The highest BCUT2D eigenvalue weighted by Crippen LogP contribution is 2.26. The number of methoxy groups -OCH3 is 1. The molecule has 0 N–H and O–H groups in total. The maximum Gasteiger partial charge on any atom is 0.282 e. The minimum absolute atomic E-state index is 0.0504. The number of hydrogen-bond donors (Lipinski definition) is 0. The molecule has 1 aliphatic heterocycles. The summed E-state index contributed by atoms with van der Waals surface area (Å²) in [6, 6.07) is 7.78. The number of carbonyl (C=O) groups is 1. The number of thiazole rings is 1. The summed E-state index contributed by atoms with van der Waals surface area (Å²) in [6.45, 7) is 1.20. The normalized spacial score (nSPS) is 17.3. The average Bonchev–Trinajstić information content (AvgIpc) is 3.12. The van der Waals surface area contributed by atoms with Gasteiger partial charge in [0.1, 0.15) is 6.10 Å². The zero-order valence-electron chi connectivity index (χ0n) is 14.3. The van der Waals surface area contributed by atoms with Crippen LogP contribution in [0.4, 0.5) is 0 Å². The molecule has 0 bridgehead atoms. The Morgan fingerprint density at radius 1 is 1.23 bits per heavy atom. The minimum Gasteiger partial charge on any atom is -0.477 e. The standard InChI is InChI=1S/C18H18N4O3S/c1-24-15-16(20-9-8-19-15)25-12-5-4-10-22(11-12)18(23)17-21-13-6-2-3-7-14(13)26-17/h2-3,6-9,12H,4-5,10-11H2,1H3/t12-/m0/s1. The predicted octanol–water partition coefficient (Wildman–Crippen LogP) is 2.78. The van der Waals surface area contributed by atoms with Crippen molar-refractivity contribution < 1.29 is 14.3 Å². The van der Waals surface area contributed by atoms with Gasteiger partial charge in [0.05, 0.1) is 23.9 Å². The molecule has 0 aliphatic carbocycles. The number of piperidine rings is 1. The Kier molecular flexibility index (Phi) is 4.66. The second-order valence-electron chi connectivity index (χ2n) is 5.99. The van der Waals surface area contributed by atoms with Crippen molar-refractivity contribution in [3.05, 3.63) is 41.7 Å². The van der Waals surface area contributed by atoms with Crippen LogP contribution in [0.5, 0.6) is 11.8 Å². The molecule has 7 nitrogen and oxygen atoms in total. The molecule has 1 aliphatic rings. The zero-order chi connectivity index (χ0) is 17.9. The van der Waals surface area contributed by atoms with E-state index < -0.39 is 0 Å². The van der Waals surface area contributed by atoms with E-state index in [1.54, 1.807) is 17.3 Å². The third-order valence-electron chi connectivity index (χ3n) is 4.25. The first kappa shape index (κ1) is 16.7. The molecule has 0 unspecified atom stereocenters. The number of benzene rings is 1. The molecule has 0 saturated carbocycles. The van der Waals surface area contributed by atoms with E-state index in [0.717, 1.165) is 23.1 Å². The number of fused-ring (bicyclic) bond motifs is 1. The molecule has 1 aromatic carbocycles. The van der Waals surface area contributed by atoms with Crippen molar-refractivity contribution in [3.63, 3.8) is 0 Å². The van der Waals surface area contributed by atoms with Crippen LogP contribution in [0.15, 0.2) is 36.7 Å². The van der Waals surface area contributed by atoms with Crippen molar-refractivity contribution >= 4 is 27.5 Å². The van der Waals surface area contributed by atoms with Gasteiger partial charge in [-0.3, -0.25) is 4.79 Å². The summed E-state index contributed by atoms with van der Waals surface area (Å²) < 4.78 is 12.1. The topological polar surface area (TPSA) is 77.4 Å². The molecule has 0 radical (unpaired) electrons. The summed E-state index contributed by atoms with van der Waals surface area (Å²) in [5.74, 6) is 0.655. The summed E-state index contributed by atoms with van der Waals surface area (Å²) in [6.07, 6.45) is 4.68. The van der Waals surface area contributed by atoms with E-state index in [-0.39, 0.29) is 12.0 Å². The average molecular weight is 370 g/mol. The van der Waals surface area contributed by atoms with E-state index in [0.29, 0.717) is 29.9 Å². The number of para-hydroxylation sites is 1. The second kappa shape index (κ2) is 7.25. The van der Waals surface area contributed by atoms with Gasteiger partial charge in [0.25, 0.3) is 17.7 Å². The fourth-order valence-corrected chi connectivity index (χ4v) is 3.94. The highest BCUT2D eigenvalue weighted by Gasteiger charge is 2.28. The summed E-state index contributed by atoms with van der Waals surface area (Å²) in [5.41, 5.74) is 0.856.